The van der Waals surface area contributed by atoms with Crippen LogP contribution in [0.2, 0.25) is 0 Å². The van der Waals surface area contributed by atoms with Gasteiger partial charge in [-0.25, -0.2) is 4.57 Å². The maximum Gasteiger partial charge on any atom is 0.472 e. The van der Waals surface area contributed by atoms with Gasteiger partial charge in [-0.05, 0) is 38.5 Å². The summed E-state index contributed by atoms with van der Waals surface area (Å²) in [6.07, 6.45) is 38.1. The van der Waals surface area contributed by atoms with Crippen LogP contribution >= 0.6 is 7.82 Å². The predicted octanol–water partition coefficient (Wildman–Crippen LogP) is 11.8. The number of phosphoric acid groups is 1. The van der Waals surface area contributed by atoms with E-state index in [2.05, 4.69) is 26.0 Å². The molecule has 10 heteroatoms. The fraction of sp³-hybridized carbons (Fsp3) is 0.902. The SMILES string of the molecule is CCCCCCCC/C=C/CCCCCC(=O)O[C@H](COC(=O)CCCCCCCCCCCCCCCCCCC)COP(=O)(O)OCCN. The lowest BCUT2D eigenvalue weighted by atomic mass is 10.0. The molecule has 0 aromatic rings. The monoisotopic (exact) mass is 746 g/mol. The topological polar surface area (TPSA) is 134 Å². The molecule has 51 heavy (non-hydrogen) atoms. The van der Waals surface area contributed by atoms with Crippen LogP contribution in [0.5, 0.6) is 0 Å². The van der Waals surface area contributed by atoms with Gasteiger partial charge in [0.1, 0.15) is 6.61 Å². The molecule has 2 atom stereocenters. The Labute approximate surface area is 313 Å². The summed E-state index contributed by atoms with van der Waals surface area (Å²) in [6, 6.07) is 0. The van der Waals surface area contributed by atoms with Crippen molar-refractivity contribution in [3.8, 4) is 0 Å². The molecule has 0 spiro atoms. The molecular formula is C41H80NO8P. The quantitative estimate of drug-likeness (QED) is 0.0272. The third-order valence-corrected chi connectivity index (χ3v) is 10.1. The number of rotatable bonds is 40. The Hall–Kier alpha value is -1.25. The Balaban J connectivity index is 4.13. The highest BCUT2D eigenvalue weighted by molar-refractivity contribution is 7.47. The molecule has 0 rings (SSSR count). The number of esters is 2. The van der Waals surface area contributed by atoms with Crippen LogP contribution in [0.25, 0.3) is 0 Å². The van der Waals surface area contributed by atoms with Gasteiger partial charge in [-0.15, -0.1) is 0 Å². The smallest absolute Gasteiger partial charge is 0.462 e. The number of ether oxygens (including phenoxy) is 2. The fourth-order valence-electron chi connectivity index (χ4n) is 5.98. The molecule has 0 aliphatic carbocycles. The van der Waals surface area contributed by atoms with Gasteiger partial charge in [0.2, 0.25) is 0 Å². The molecule has 0 aliphatic heterocycles. The maximum absolute atomic E-state index is 12.5. The molecular weight excluding hydrogens is 665 g/mol. The van der Waals surface area contributed by atoms with E-state index in [1.807, 2.05) is 0 Å². The minimum atomic E-state index is -4.37. The van der Waals surface area contributed by atoms with E-state index in [1.165, 1.54) is 128 Å². The minimum absolute atomic E-state index is 0.0538. The first-order valence-corrected chi connectivity index (χ1v) is 22.7. The van der Waals surface area contributed by atoms with Gasteiger partial charge in [0.15, 0.2) is 6.10 Å². The van der Waals surface area contributed by atoms with E-state index in [4.69, 9.17) is 24.3 Å². The van der Waals surface area contributed by atoms with Gasteiger partial charge >= 0.3 is 19.8 Å². The highest BCUT2D eigenvalue weighted by atomic mass is 31.2. The Bertz CT molecular complexity index is 856. The minimum Gasteiger partial charge on any atom is -0.462 e. The van der Waals surface area contributed by atoms with Crippen molar-refractivity contribution in [1.82, 2.24) is 0 Å². The molecule has 3 N–H and O–H groups in total. The Morgan fingerprint density at radius 1 is 0.569 bits per heavy atom. The average molecular weight is 746 g/mol. The summed E-state index contributed by atoms with van der Waals surface area (Å²) < 4.78 is 32.7. The van der Waals surface area contributed by atoms with Crippen LogP contribution in [0.3, 0.4) is 0 Å². The van der Waals surface area contributed by atoms with Crippen molar-refractivity contribution in [3.63, 3.8) is 0 Å². The van der Waals surface area contributed by atoms with Crippen LogP contribution in [-0.2, 0) is 32.7 Å². The molecule has 0 heterocycles. The second-order valence-corrected chi connectivity index (χ2v) is 15.7. The zero-order valence-electron chi connectivity index (χ0n) is 33.1. The average Bonchev–Trinajstić information content (AvgIpc) is 3.11. The van der Waals surface area contributed by atoms with Gasteiger partial charge in [0.25, 0.3) is 0 Å². The van der Waals surface area contributed by atoms with Crippen LogP contribution in [0.1, 0.15) is 206 Å². The summed E-state index contributed by atoms with van der Waals surface area (Å²) in [4.78, 5) is 34.8. The van der Waals surface area contributed by atoms with Crippen LogP contribution in [0.4, 0.5) is 0 Å². The molecule has 0 aliphatic rings. The van der Waals surface area contributed by atoms with E-state index in [0.29, 0.717) is 6.42 Å². The summed E-state index contributed by atoms with van der Waals surface area (Å²) in [5.41, 5.74) is 5.34. The summed E-state index contributed by atoms with van der Waals surface area (Å²) in [5.74, 6) is -0.838. The van der Waals surface area contributed by atoms with Gasteiger partial charge in [-0.2, -0.15) is 0 Å². The number of nitrogens with two attached hydrogens (primary N) is 1. The van der Waals surface area contributed by atoms with E-state index in [0.717, 1.165) is 44.9 Å². The molecule has 0 bridgehead atoms. The van der Waals surface area contributed by atoms with Crippen molar-refractivity contribution in [2.75, 3.05) is 26.4 Å². The molecule has 0 radical (unpaired) electrons. The number of phosphoric ester groups is 1. The molecule has 0 amide bonds. The first kappa shape index (κ1) is 49.8. The fourth-order valence-corrected chi connectivity index (χ4v) is 6.75. The van der Waals surface area contributed by atoms with E-state index < -0.39 is 26.5 Å². The molecule has 0 aromatic heterocycles. The lowest BCUT2D eigenvalue weighted by molar-refractivity contribution is -0.161. The predicted molar refractivity (Wildman–Crippen MR) is 211 cm³/mol. The molecule has 0 saturated heterocycles. The molecule has 302 valence electrons. The highest BCUT2D eigenvalue weighted by Gasteiger charge is 2.26. The first-order valence-electron chi connectivity index (χ1n) is 21.2. The highest BCUT2D eigenvalue weighted by Crippen LogP contribution is 2.43. The zero-order valence-corrected chi connectivity index (χ0v) is 34.0. The molecule has 0 saturated carbocycles. The van der Waals surface area contributed by atoms with Crippen LogP contribution in [0.15, 0.2) is 12.2 Å². The number of carbonyl (C=O) groups excluding carboxylic acids is 2. The maximum atomic E-state index is 12.5. The van der Waals surface area contributed by atoms with E-state index in [9.17, 15) is 19.0 Å². The third kappa shape index (κ3) is 38.3. The normalized spacial score (nSPS) is 13.4. The standard InChI is InChI=1S/C41H80NO8P/c1-3-5-7-9-11-13-15-17-18-19-20-22-23-25-27-29-31-33-40(43)47-37-39(38-49-51(45,46)48-36-35-42)50-41(44)34-32-30-28-26-24-21-16-14-12-10-8-6-4-2/h21,24,39H,3-20,22-23,25-38,42H2,1-2H3,(H,45,46)/b24-21+/t39-/m1/s1. The molecule has 0 aromatic carbocycles. The number of hydrogen-bond acceptors (Lipinski definition) is 8. The number of hydrogen-bond donors (Lipinski definition) is 2. The Morgan fingerprint density at radius 2 is 0.961 bits per heavy atom. The van der Waals surface area contributed by atoms with E-state index >= 15 is 0 Å². The van der Waals surface area contributed by atoms with Gasteiger partial charge < -0.3 is 20.1 Å². The first-order chi connectivity index (χ1) is 24.8. The number of allylic oxidation sites excluding steroid dienone is 2. The molecule has 9 nitrogen and oxygen atoms in total. The lowest BCUT2D eigenvalue weighted by Crippen LogP contribution is -2.29. The summed E-state index contributed by atoms with van der Waals surface area (Å²) in [5, 5.41) is 0. The van der Waals surface area contributed by atoms with Crippen LogP contribution in [-0.4, -0.2) is 49.3 Å². The van der Waals surface area contributed by atoms with Gasteiger partial charge in [-0.1, -0.05) is 167 Å². The van der Waals surface area contributed by atoms with Crippen molar-refractivity contribution >= 4 is 19.8 Å². The lowest BCUT2D eigenvalue weighted by Gasteiger charge is -2.19. The van der Waals surface area contributed by atoms with Crippen molar-refractivity contribution in [3.05, 3.63) is 12.2 Å². The van der Waals surface area contributed by atoms with Gasteiger partial charge in [0.05, 0.1) is 13.2 Å². The Morgan fingerprint density at radius 3 is 1.41 bits per heavy atom. The van der Waals surface area contributed by atoms with Crippen LogP contribution < -0.4 is 5.73 Å². The third-order valence-electron chi connectivity index (χ3n) is 9.15. The summed E-state index contributed by atoms with van der Waals surface area (Å²) >= 11 is 0. The van der Waals surface area contributed by atoms with Gasteiger partial charge in [-0.3, -0.25) is 18.6 Å². The van der Waals surface area contributed by atoms with Crippen molar-refractivity contribution in [2.45, 2.75) is 213 Å². The summed E-state index contributed by atoms with van der Waals surface area (Å²) in [7, 11) is -4.37. The second kappa shape index (κ2) is 38.5. The van der Waals surface area contributed by atoms with Crippen molar-refractivity contribution in [1.29, 1.82) is 0 Å². The zero-order chi connectivity index (χ0) is 37.5. The van der Waals surface area contributed by atoms with E-state index in [-0.39, 0.29) is 38.6 Å². The van der Waals surface area contributed by atoms with Crippen molar-refractivity contribution in [2.24, 2.45) is 5.73 Å². The Kier molecular flexibility index (Phi) is 37.5. The molecule has 0 fully saturated rings. The largest absolute Gasteiger partial charge is 0.472 e. The number of unbranched alkanes of at least 4 members (excludes halogenated alkanes) is 25. The van der Waals surface area contributed by atoms with Crippen LogP contribution in [0, 0.1) is 0 Å². The van der Waals surface area contributed by atoms with Gasteiger partial charge in [0, 0.05) is 19.4 Å². The van der Waals surface area contributed by atoms with E-state index in [1.54, 1.807) is 0 Å². The second-order valence-electron chi connectivity index (χ2n) is 14.2. The number of carbonyl (C=O) groups is 2. The van der Waals surface area contributed by atoms with Crippen molar-refractivity contribution < 1.29 is 37.6 Å². The summed E-state index contributed by atoms with van der Waals surface area (Å²) in [6.45, 7) is 3.73. The molecule has 1 unspecified atom stereocenters.